The number of hydrogen-bond donors (Lipinski definition) is 1. The number of hydrogen-bond acceptors (Lipinski definition) is 2. The third-order valence-electron chi connectivity index (χ3n) is 6.03. The maximum Gasteiger partial charge on any atom is 0.303 e. The van der Waals surface area contributed by atoms with E-state index in [-0.39, 0.29) is 6.42 Å². The molecule has 1 heterocycles. The van der Waals surface area contributed by atoms with E-state index >= 15 is 0 Å². The van der Waals surface area contributed by atoms with Gasteiger partial charge in [0.25, 0.3) is 0 Å². The molecule has 4 nitrogen and oxygen atoms in total. The van der Waals surface area contributed by atoms with E-state index in [9.17, 15) is 4.79 Å². The molecular weight excluding hydrogens is 479 g/mol. The molecule has 1 aromatic heterocycles. The molecular formula is C29H28Cl2N2O2. The molecule has 0 unspecified atom stereocenters. The molecule has 35 heavy (non-hydrogen) atoms. The molecule has 0 aliphatic carbocycles. The lowest BCUT2D eigenvalue weighted by molar-refractivity contribution is -0.137. The van der Waals surface area contributed by atoms with Crippen LogP contribution >= 0.6 is 23.2 Å². The van der Waals surface area contributed by atoms with Gasteiger partial charge in [0, 0.05) is 34.7 Å². The van der Waals surface area contributed by atoms with E-state index in [0.717, 1.165) is 72.6 Å². The van der Waals surface area contributed by atoms with Crippen molar-refractivity contribution >= 4 is 29.2 Å². The Bertz CT molecular complexity index is 1290. The summed E-state index contributed by atoms with van der Waals surface area (Å²) in [5.41, 5.74) is 4.58. The van der Waals surface area contributed by atoms with Crippen molar-refractivity contribution in [1.82, 2.24) is 9.55 Å². The minimum absolute atomic E-state index is 0.234. The average molecular weight is 507 g/mol. The number of imidazole rings is 1. The van der Waals surface area contributed by atoms with Gasteiger partial charge in [-0.25, -0.2) is 4.98 Å². The maximum absolute atomic E-state index is 10.8. The van der Waals surface area contributed by atoms with E-state index in [0.29, 0.717) is 10.0 Å². The Balaban J connectivity index is 1.75. The van der Waals surface area contributed by atoms with Crippen LogP contribution in [0.4, 0.5) is 0 Å². The van der Waals surface area contributed by atoms with Crippen molar-refractivity contribution in [3.8, 4) is 33.9 Å². The molecule has 0 saturated heterocycles. The first-order valence-corrected chi connectivity index (χ1v) is 12.7. The van der Waals surface area contributed by atoms with Gasteiger partial charge in [0.1, 0.15) is 5.82 Å². The number of benzene rings is 3. The Morgan fingerprint density at radius 3 is 1.97 bits per heavy atom. The Morgan fingerprint density at radius 1 is 0.743 bits per heavy atom. The number of carboxylic acids is 1. The second kappa shape index (κ2) is 12.1. The van der Waals surface area contributed by atoms with Crippen LogP contribution in [0, 0.1) is 0 Å². The fraction of sp³-hybridized carbons (Fsp3) is 0.241. The molecule has 0 aliphatic heterocycles. The standard InChI is InChI=1S/C29H28Cl2N2O2/c30-24-17-10-8-15-22(24)27-28(23-16-9-11-18-25(23)31)33(20-12-3-1-2-7-19-26(34)35)29(32-27)21-13-5-4-6-14-21/h4-6,8-11,13-18H,1-3,7,12,19-20H2,(H,34,35). The predicted octanol–water partition coefficient (Wildman–Crippen LogP) is 8.62. The quantitative estimate of drug-likeness (QED) is 0.207. The van der Waals surface area contributed by atoms with Gasteiger partial charge in [-0.15, -0.1) is 0 Å². The highest BCUT2D eigenvalue weighted by Crippen LogP contribution is 2.41. The van der Waals surface area contributed by atoms with Crippen molar-refractivity contribution in [3.63, 3.8) is 0 Å². The van der Waals surface area contributed by atoms with Gasteiger partial charge in [-0.3, -0.25) is 4.79 Å². The summed E-state index contributed by atoms with van der Waals surface area (Å²) >= 11 is 13.3. The minimum Gasteiger partial charge on any atom is -0.481 e. The normalized spacial score (nSPS) is 11.0. The van der Waals surface area contributed by atoms with Crippen LogP contribution in [0.3, 0.4) is 0 Å². The Kier molecular flexibility index (Phi) is 8.62. The number of rotatable bonds is 11. The van der Waals surface area contributed by atoms with Gasteiger partial charge in [0.15, 0.2) is 0 Å². The summed E-state index contributed by atoms with van der Waals surface area (Å²) in [6.07, 6.45) is 4.83. The average Bonchev–Trinajstić information content (AvgIpc) is 3.23. The molecule has 0 fully saturated rings. The molecule has 4 aromatic rings. The van der Waals surface area contributed by atoms with E-state index < -0.39 is 5.97 Å². The predicted molar refractivity (Wildman–Crippen MR) is 144 cm³/mol. The van der Waals surface area contributed by atoms with Gasteiger partial charge in [0.2, 0.25) is 0 Å². The molecule has 0 spiro atoms. The van der Waals surface area contributed by atoms with Gasteiger partial charge in [-0.05, 0) is 25.0 Å². The molecule has 0 bridgehead atoms. The SMILES string of the molecule is O=C(O)CCCCCCCn1c(-c2ccccc2)nc(-c2ccccc2Cl)c1-c1ccccc1Cl. The Labute approximate surface area is 216 Å². The molecule has 0 saturated carbocycles. The van der Waals surface area contributed by atoms with Gasteiger partial charge < -0.3 is 9.67 Å². The zero-order valence-electron chi connectivity index (χ0n) is 19.5. The second-order valence-corrected chi connectivity index (χ2v) is 9.34. The van der Waals surface area contributed by atoms with Crippen LogP contribution in [0.5, 0.6) is 0 Å². The van der Waals surface area contributed by atoms with Gasteiger partial charge in [-0.1, -0.05) is 109 Å². The number of carboxylic acid groups (broad SMARTS) is 1. The lowest BCUT2D eigenvalue weighted by atomic mass is 10.0. The molecule has 0 radical (unpaired) electrons. The minimum atomic E-state index is -0.729. The topological polar surface area (TPSA) is 55.1 Å². The van der Waals surface area contributed by atoms with E-state index in [2.05, 4.69) is 16.7 Å². The Hall–Kier alpha value is -3.08. The lowest BCUT2D eigenvalue weighted by Crippen LogP contribution is -2.04. The van der Waals surface area contributed by atoms with Crippen molar-refractivity contribution in [2.75, 3.05) is 0 Å². The third-order valence-corrected chi connectivity index (χ3v) is 6.69. The number of aliphatic carboxylic acids is 1. The highest BCUT2D eigenvalue weighted by atomic mass is 35.5. The van der Waals surface area contributed by atoms with Crippen LogP contribution in [-0.2, 0) is 11.3 Å². The second-order valence-electron chi connectivity index (χ2n) is 8.52. The van der Waals surface area contributed by atoms with Crippen LogP contribution < -0.4 is 0 Å². The van der Waals surface area contributed by atoms with Crippen LogP contribution in [-0.4, -0.2) is 20.6 Å². The lowest BCUT2D eigenvalue weighted by Gasteiger charge is -2.15. The first-order chi connectivity index (χ1) is 17.1. The fourth-order valence-electron chi connectivity index (χ4n) is 4.32. The zero-order chi connectivity index (χ0) is 24.6. The summed E-state index contributed by atoms with van der Waals surface area (Å²) in [5.74, 6) is 0.147. The highest BCUT2D eigenvalue weighted by Gasteiger charge is 2.23. The van der Waals surface area contributed by atoms with Crippen LogP contribution in [0.25, 0.3) is 33.9 Å². The van der Waals surface area contributed by atoms with Gasteiger partial charge >= 0.3 is 5.97 Å². The van der Waals surface area contributed by atoms with Gasteiger partial charge in [-0.2, -0.15) is 0 Å². The Morgan fingerprint density at radius 2 is 1.31 bits per heavy atom. The number of aromatic nitrogens is 2. The largest absolute Gasteiger partial charge is 0.481 e. The molecule has 0 amide bonds. The van der Waals surface area contributed by atoms with E-state index in [1.165, 1.54) is 0 Å². The summed E-state index contributed by atoms with van der Waals surface area (Å²) in [7, 11) is 0. The third kappa shape index (κ3) is 6.14. The van der Waals surface area contributed by atoms with Crippen LogP contribution in [0.1, 0.15) is 38.5 Å². The first-order valence-electron chi connectivity index (χ1n) is 11.9. The van der Waals surface area contributed by atoms with Crippen LogP contribution in [0.2, 0.25) is 10.0 Å². The molecule has 4 rings (SSSR count). The van der Waals surface area contributed by atoms with E-state index in [1.807, 2.05) is 66.7 Å². The summed E-state index contributed by atoms with van der Waals surface area (Å²) < 4.78 is 2.26. The van der Waals surface area contributed by atoms with Crippen molar-refractivity contribution in [1.29, 1.82) is 0 Å². The molecule has 0 aliphatic rings. The number of carbonyl (C=O) groups is 1. The monoisotopic (exact) mass is 506 g/mol. The first kappa shape index (κ1) is 25.0. The summed E-state index contributed by atoms with van der Waals surface area (Å²) in [5, 5.41) is 10.2. The number of nitrogens with zero attached hydrogens (tertiary/aromatic N) is 2. The van der Waals surface area contributed by atoms with Gasteiger partial charge in [0.05, 0.1) is 16.4 Å². The number of unbranched alkanes of at least 4 members (excludes halogenated alkanes) is 4. The maximum atomic E-state index is 10.8. The van der Waals surface area contributed by atoms with Crippen molar-refractivity contribution in [3.05, 3.63) is 88.9 Å². The molecule has 180 valence electrons. The van der Waals surface area contributed by atoms with Crippen molar-refractivity contribution < 1.29 is 9.90 Å². The summed E-state index contributed by atoms with van der Waals surface area (Å²) in [6.45, 7) is 0.765. The van der Waals surface area contributed by atoms with Crippen molar-refractivity contribution in [2.45, 2.75) is 45.1 Å². The summed E-state index contributed by atoms with van der Waals surface area (Å²) in [6, 6.07) is 25.8. The summed E-state index contributed by atoms with van der Waals surface area (Å²) in [4.78, 5) is 15.9. The number of halogens is 2. The van der Waals surface area contributed by atoms with Crippen LogP contribution in [0.15, 0.2) is 78.9 Å². The smallest absolute Gasteiger partial charge is 0.303 e. The molecule has 1 N–H and O–H groups in total. The van der Waals surface area contributed by atoms with Crippen molar-refractivity contribution in [2.24, 2.45) is 0 Å². The van der Waals surface area contributed by atoms with E-state index in [4.69, 9.17) is 33.3 Å². The molecule has 3 aromatic carbocycles. The molecule has 6 heteroatoms. The fourth-order valence-corrected chi connectivity index (χ4v) is 4.77. The van der Waals surface area contributed by atoms with E-state index in [1.54, 1.807) is 0 Å². The highest BCUT2D eigenvalue weighted by molar-refractivity contribution is 6.34. The molecule has 0 atom stereocenters. The zero-order valence-corrected chi connectivity index (χ0v) is 21.0.